The third kappa shape index (κ3) is 4.56. The maximum Gasteiger partial charge on any atom is 0.313 e. The van der Waals surface area contributed by atoms with E-state index in [9.17, 15) is 9.59 Å². The number of aromatic nitrogens is 2. The fourth-order valence-electron chi connectivity index (χ4n) is 3.00. The molecule has 0 spiro atoms. The molecule has 26 heavy (non-hydrogen) atoms. The molecule has 1 fully saturated rings. The number of nitrogens with zero attached hydrogens (tertiary/aromatic N) is 3. The van der Waals surface area contributed by atoms with E-state index in [0.29, 0.717) is 18.2 Å². The van der Waals surface area contributed by atoms with E-state index in [2.05, 4.69) is 25.5 Å². The molecule has 0 saturated carbocycles. The summed E-state index contributed by atoms with van der Waals surface area (Å²) in [6.07, 6.45) is 5.33. The highest BCUT2D eigenvalue weighted by Crippen LogP contribution is 2.19. The number of carbonyl (C=O) groups is 2. The largest absolute Gasteiger partial charge is 0.348 e. The topological polar surface area (TPSA) is 87.2 Å². The second-order valence-corrected chi connectivity index (χ2v) is 6.46. The highest BCUT2D eigenvalue weighted by atomic mass is 16.2. The third-order valence-corrected chi connectivity index (χ3v) is 4.60. The Balaban J connectivity index is 1.42. The summed E-state index contributed by atoms with van der Waals surface area (Å²) in [5, 5.41) is 5.40. The predicted octanol–water partition coefficient (Wildman–Crippen LogP) is 1.76. The number of benzene rings is 1. The fourth-order valence-corrected chi connectivity index (χ4v) is 3.00. The van der Waals surface area contributed by atoms with Crippen molar-refractivity contribution >= 4 is 23.5 Å². The quantitative estimate of drug-likeness (QED) is 0.818. The Morgan fingerprint density at radius 2 is 1.77 bits per heavy atom. The Labute approximate surface area is 152 Å². The average Bonchev–Trinajstić information content (AvgIpc) is 2.69. The minimum absolute atomic E-state index is 0.352. The van der Waals surface area contributed by atoms with Crippen LogP contribution in [0, 0.1) is 12.8 Å². The SMILES string of the molecule is Cc1ccccc1NC(=O)C(=O)NCC1CCN(c2ncccn2)CC1. The second-order valence-electron chi connectivity index (χ2n) is 6.46. The van der Waals surface area contributed by atoms with Crippen LogP contribution in [0.3, 0.4) is 0 Å². The van der Waals surface area contributed by atoms with Gasteiger partial charge in [0.2, 0.25) is 5.95 Å². The second kappa shape index (κ2) is 8.42. The van der Waals surface area contributed by atoms with Crippen LogP contribution >= 0.6 is 0 Å². The standard InChI is InChI=1S/C19H23N5O2/c1-14-5-2-3-6-16(14)23-18(26)17(25)22-13-15-7-11-24(12-8-15)19-20-9-4-10-21-19/h2-6,9-10,15H,7-8,11-13H2,1H3,(H,22,25)(H,23,26). The third-order valence-electron chi connectivity index (χ3n) is 4.60. The summed E-state index contributed by atoms with van der Waals surface area (Å²) >= 11 is 0. The fraction of sp³-hybridized carbons (Fsp3) is 0.368. The molecule has 0 aliphatic carbocycles. The van der Waals surface area contributed by atoms with Crippen LogP contribution in [0.25, 0.3) is 0 Å². The van der Waals surface area contributed by atoms with Crippen molar-refractivity contribution in [1.29, 1.82) is 0 Å². The normalized spacial score (nSPS) is 14.7. The first-order valence-electron chi connectivity index (χ1n) is 8.80. The van der Waals surface area contributed by atoms with Crippen molar-refractivity contribution in [3.05, 3.63) is 48.3 Å². The maximum atomic E-state index is 12.0. The van der Waals surface area contributed by atoms with E-state index in [1.54, 1.807) is 24.5 Å². The molecular weight excluding hydrogens is 330 g/mol. The number of piperidine rings is 1. The van der Waals surface area contributed by atoms with Crippen LogP contribution in [0.5, 0.6) is 0 Å². The molecule has 0 atom stereocenters. The lowest BCUT2D eigenvalue weighted by molar-refractivity contribution is -0.136. The van der Waals surface area contributed by atoms with E-state index in [1.807, 2.05) is 25.1 Å². The van der Waals surface area contributed by atoms with Gasteiger partial charge in [0.05, 0.1) is 0 Å². The van der Waals surface area contributed by atoms with Gasteiger partial charge in [0.1, 0.15) is 0 Å². The maximum absolute atomic E-state index is 12.0. The molecule has 1 aromatic heterocycles. The molecule has 1 saturated heterocycles. The van der Waals surface area contributed by atoms with Crippen molar-refractivity contribution in [2.45, 2.75) is 19.8 Å². The predicted molar refractivity (Wildman–Crippen MR) is 99.8 cm³/mol. The summed E-state index contributed by atoms with van der Waals surface area (Å²) in [6.45, 7) is 4.08. The van der Waals surface area contributed by atoms with Crippen molar-refractivity contribution in [3.63, 3.8) is 0 Å². The lowest BCUT2D eigenvalue weighted by Crippen LogP contribution is -2.42. The molecular formula is C19H23N5O2. The highest BCUT2D eigenvalue weighted by molar-refractivity contribution is 6.39. The number of hydrogen-bond donors (Lipinski definition) is 2. The van der Waals surface area contributed by atoms with Crippen LogP contribution < -0.4 is 15.5 Å². The van der Waals surface area contributed by atoms with Gasteiger partial charge in [-0.1, -0.05) is 18.2 Å². The molecule has 3 rings (SSSR count). The first-order valence-corrected chi connectivity index (χ1v) is 8.80. The summed E-state index contributed by atoms with van der Waals surface area (Å²) in [5.41, 5.74) is 1.58. The van der Waals surface area contributed by atoms with Gasteiger partial charge in [0, 0.05) is 37.7 Å². The van der Waals surface area contributed by atoms with Crippen molar-refractivity contribution in [1.82, 2.24) is 15.3 Å². The summed E-state index contributed by atoms with van der Waals surface area (Å²) in [6, 6.07) is 9.18. The van der Waals surface area contributed by atoms with Crippen molar-refractivity contribution in [3.8, 4) is 0 Å². The number of amides is 2. The van der Waals surface area contributed by atoms with Gasteiger partial charge in [-0.25, -0.2) is 9.97 Å². The molecule has 1 aliphatic rings. The molecule has 2 amide bonds. The van der Waals surface area contributed by atoms with Crippen molar-refractivity contribution in [2.24, 2.45) is 5.92 Å². The number of nitrogens with one attached hydrogen (secondary N) is 2. The van der Waals surface area contributed by atoms with Gasteiger partial charge in [0.25, 0.3) is 0 Å². The van der Waals surface area contributed by atoms with Crippen LogP contribution in [0.15, 0.2) is 42.7 Å². The summed E-state index contributed by atoms with van der Waals surface area (Å²) in [7, 11) is 0. The number of para-hydroxylation sites is 1. The first-order chi connectivity index (χ1) is 12.6. The molecule has 7 heteroatoms. The van der Waals surface area contributed by atoms with Crippen LogP contribution in [0.1, 0.15) is 18.4 Å². The minimum Gasteiger partial charge on any atom is -0.348 e. The van der Waals surface area contributed by atoms with Crippen molar-refractivity contribution in [2.75, 3.05) is 29.9 Å². The van der Waals surface area contributed by atoms with E-state index in [0.717, 1.165) is 37.4 Å². The van der Waals surface area contributed by atoms with Gasteiger partial charge < -0.3 is 15.5 Å². The monoisotopic (exact) mass is 353 g/mol. The molecule has 0 unspecified atom stereocenters. The van der Waals surface area contributed by atoms with E-state index in [-0.39, 0.29) is 0 Å². The Hall–Kier alpha value is -2.96. The summed E-state index contributed by atoms with van der Waals surface area (Å²) < 4.78 is 0. The van der Waals surface area contributed by atoms with Crippen LogP contribution in [0.2, 0.25) is 0 Å². The van der Waals surface area contributed by atoms with Gasteiger partial charge in [-0.3, -0.25) is 9.59 Å². The zero-order chi connectivity index (χ0) is 18.4. The molecule has 136 valence electrons. The zero-order valence-corrected chi connectivity index (χ0v) is 14.8. The number of anilines is 2. The minimum atomic E-state index is -0.630. The molecule has 7 nitrogen and oxygen atoms in total. The molecule has 0 bridgehead atoms. The molecule has 1 aliphatic heterocycles. The number of aryl methyl sites for hydroxylation is 1. The Morgan fingerprint density at radius 3 is 2.46 bits per heavy atom. The summed E-state index contributed by atoms with van der Waals surface area (Å²) in [4.78, 5) is 34.7. The Kier molecular flexibility index (Phi) is 5.78. The first kappa shape index (κ1) is 17.8. The number of rotatable bonds is 4. The number of hydrogen-bond acceptors (Lipinski definition) is 5. The lowest BCUT2D eigenvalue weighted by Gasteiger charge is -2.31. The van der Waals surface area contributed by atoms with E-state index >= 15 is 0 Å². The molecule has 0 radical (unpaired) electrons. The van der Waals surface area contributed by atoms with Gasteiger partial charge >= 0.3 is 11.8 Å². The molecule has 2 heterocycles. The molecule has 2 N–H and O–H groups in total. The van der Waals surface area contributed by atoms with Gasteiger partial charge in [-0.05, 0) is 43.4 Å². The van der Waals surface area contributed by atoms with Crippen LogP contribution in [0.4, 0.5) is 11.6 Å². The van der Waals surface area contributed by atoms with E-state index in [4.69, 9.17) is 0 Å². The zero-order valence-electron chi connectivity index (χ0n) is 14.8. The van der Waals surface area contributed by atoms with Crippen LogP contribution in [-0.2, 0) is 9.59 Å². The summed E-state index contributed by atoms with van der Waals surface area (Å²) in [5.74, 6) is -0.130. The Bertz CT molecular complexity index is 758. The van der Waals surface area contributed by atoms with E-state index in [1.165, 1.54) is 0 Å². The smallest absolute Gasteiger partial charge is 0.313 e. The van der Waals surface area contributed by atoms with Crippen LogP contribution in [-0.4, -0.2) is 41.4 Å². The van der Waals surface area contributed by atoms with E-state index < -0.39 is 11.8 Å². The highest BCUT2D eigenvalue weighted by Gasteiger charge is 2.22. The average molecular weight is 353 g/mol. The van der Waals surface area contributed by atoms with Gasteiger partial charge in [-0.15, -0.1) is 0 Å². The van der Waals surface area contributed by atoms with Gasteiger partial charge in [0.15, 0.2) is 0 Å². The molecule has 1 aromatic carbocycles. The molecule has 2 aromatic rings. The lowest BCUT2D eigenvalue weighted by atomic mass is 9.97. The number of carbonyl (C=O) groups excluding carboxylic acids is 2. The van der Waals surface area contributed by atoms with Gasteiger partial charge in [-0.2, -0.15) is 0 Å². The van der Waals surface area contributed by atoms with Crippen molar-refractivity contribution < 1.29 is 9.59 Å². The Morgan fingerprint density at radius 1 is 1.08 bits per heavy atom.